The molecule has 1 unspecified atom stereocenters. The second kappa shape index (κ2) is 6.06. The van der Waals surface area contributed by atoms with Gasteiger partial charge in [-0.05, 0) is 25.7 Å². The van der Waals surface area contributed by atoms with Crippen LogP contribution >= 0.6 is 11.8 Å². The van der Waals surface area contributed by atoms with Gasteiger partial charge in [0.05, 0.1) is 10.5 Å². The van der Waals surface area contributed by atoms with Crippen molar-refractivity contribution in [2.24, 2.45) is 0 Å². The largest absolute Gasteiger partial charge is 0.387 e. The first-order valence-electron chi connectivity index (χ1n) is 5.56. The third-order valence-corrected chi connectivity index (χ3v) is 3.46. The molecule has 0 aliphatic rings. The maximum absolute atomic E-state index is 10.7. The molecule has 1 aromatic carbocycles. The van der Waals surface area contributed by atoms with E-state index in [9.17, 15) is 15.2 Å². The molecule has 0 saturated carbocycles. The Morgan fingerprint density at radius 1 is 1.56 bits per heavy atom. The first-order chi connectivity index (χ1) is 8.35. The number of nitrogens with one attached hydrogen (secondary N) is 1. The van der Waals surface area contributed by atoms with Crippen LogP contribution < -0.4 is 5.32 Å². The second-order valence-corrected chi connectivity index (χ2v) is 5.41. The molecule has 1 atom stereocenters. The highest BCUT2D eigenvalue weighted by molar-refractivity contribution is 7.98. The number of nitro groups is 1. The number of hydrogen-bond donors (Lipinski definition) is 2. The molecular weight excluding hydrogens is 252 g/mol. The van der Waals surface area contributed by atoms with Gasteiger partial charge in [-0.1, -0.05) is 6.07 Å². The van der Waals surface area contributed by atoms with Crippen LogP contribution in [0.4, 0.5) is 11.4 Å². The van der Waals surface area contributed by atoms with Crippen LogP contribution in [0.3, 0.4) is 0 Å². The predicted molar refractivity (Wildman–Crippen MR) is 75.3 cm³/mol. The highest BCUT2D eigenvalue weighted by Gasteiger charge is 2.20. The quantitative estimate of drug-likeness (QED) is 0.613. The third kappa shape index (κ3) is 4.19. The van der Waals surface area contributed by atoms with E-state index in [0.29, 0.717) is 18.0 Å². The lowest BCUT2D eigenvalue weighted by Crippen LogP contribution is -2.36. The summed E-state index contributed by atoms with van der Waals surface area (Å²) in [6.07, 6.45) is 1.92. The van der Waals surface area contributed by atoms with Crippen LogP contribution in [-0.4, -0.2) is 34.2 Å². The normalized spacial score (nSPS) is 14.0. The molecule has 0 heterocycles. The van der Waals surface area contributed by atoms with Gasteiger partial charge in [0.1, 0.15) is 0 Å². The Kier molecular flexibility index (Phi) is 4.98. The van der Waals surface area contributed by atoms with Gasteiger partial charge in [0.2, 0.25) is 0 Å². The molecule has 0 aliphatic carbocycles. The van der Waals surface area contributed by atoms with Gasteiger partial charge in [0.15, 0.2) is 0 Å². The molecule has 1 rings (SSSR count). The molecule has 0 amide bonds. The van der Waals surface area contributed by atoms with Gasteiger partial charge in [0, 0.05) is 30.1 Å². The van der Waals surface area contributed by atoms with Gasteiger partial charge in [-0.2, -0.15) is 11.8 Å². The van der Waals surface area contributed by atoms with Gasteiger partial charge >= 0.3 is 0 Å². The molecule has 0 aliphatic heterocycles. The topological polar surface area (TPSA) is 75.4 Å². The maximum atomic E-state index is 10.7. The van der Waals surface area contributed by atoms with Crippen LogP contribution in [0.5, 0.6) is 0 Å². The van der Waals surface area contributed by atoms with Crippen LogP contribution in [-0.2, 0) is 0 Å². The zero-order valence-electron chi connectivity index (χ0n) is 10.8. The monoisotopic (exact) mass is 270 g/mol. The van der Waals surface area contributed by atoms with E-state index in [1.807, 2.05) is 13.2 Å². The first kappa shape index (κ1) is 14.8. The number of aryl methyl sites for hydroxylation is 1. The third-order valence-electron chi connectivity index (χ3n) is 2.55. The average molecular weight is 270 g/mol. The lowest BCUT2D eigenvalue weighted by atomic mass is 10.1. The Bertz CT molecular complexity index is 435. The van der Waals surface area contributed by atoms with E-state index >= 15 is 0 Å². The molecular formula is C12H18N2O3S. The molecule has 0 bridgehead atoms. The van der Waals surface area contributed by atoms with E-state index in [-0.39, 0.29) is 5.69 Å². The number of thioether (sulfide) groups is 1. The molecule has 0 aromatic heterocycles. The molecule has 0 spiro atoms. The molecule has 6 heteroatoms. The zero-order chi connectivity index (χ0) is 13.8. The first-order valence-corrected chi connectivity index (χ1v) is 6.95. The molecule has 100 valence electrons. The minimum Gasteiger partial charge on any atom is -0.387 e. The number of aliphatic hydroxyl groups is 1. The zero-order valence-corrected chi connectivity index (χ0v) is 11.6. The summed E-state index contributed by atoms with van der Waals surface area (Å²) in [6, 6.07) is 4.66. The van der Waals surface area contributed by atoms with E-state index in [0.717, 1.165) is 5.56 Å². The average Bonchev–Trinajstić information content (AvgIpc) is 2.27. The Labute approximate surface area is 111 Å². The van der Waals surface area contributed by atoms with Crippen LogP contribution in [0.1, 0.15) is 12.5 Å². The fraction of sp³-hybridized carbons (Fsp3) is 0.500. The van der Waals surface area contributed by atoms with Crippen LogP contribution in [0.2, 0.25) is 0 Å². The van der Waals surface area contributed by atoms with Crippen molar-refractivity contribution in [3.8, 4) is 0 Å². The molecule has 0 radical (unpaired) electrons. The van der Waals surface area contributed by atoms with Crippen LogP contribution in [0, 0.1) is 17.0 Å². The molecule has 0 fully saturated rings. The minimum atomic E-state index is -0.837. The molecule has 1 aromatic rings. The number of hydrogen-bond acceptors (Lipinski definition) is 5. The van der Waals surface area contributed by atoms with Crippen LogP contribution in [0.25, 0.3) is 0 Å². The van der Waals surface area contributed by atoms with Crippen molar-refractivity contribution in [1.29, 1.82) is 0 Å². The summed E-state index contributed by atoms with van der Waals surface area (Å²) in [5.41, 5.74) is 0.815. The van der Waals surface area contributed by atoms with Crippen LogP contribution in [0.15, 0.2) is 18.2 Å². The predicted octanol–water partition coefficient (Wildman–Crippen LogP) is 2.43. The number of nitrogens with zero attached hydrogens (tertiary/aromatic N) is 1. The van der Waals surface area contributed by atoms with E-state index in [1.165, 1.54) is 12.1 Å². The van der Waals surface area contributed by atoms with E-state index in [4.69, 9.17) is 0 Å². The molecule has 2 N–H and O–H groups in total. The number of anilines is 1. The maximum Gasteiger partial charge on any atom is 0.271 e. The van der Waals surface area contributed by atoms with Crippen molar-refractivity contribution in [1.82, 2.24) is 0 Å². The Hall–Kier alpha value is -1.27. The summed E-state index contributed by atoms with van der Waals surface area (Å²) in [5.74, 6) is 0.605. The fourth-order valence-electron chi connectivity index (χ4n) is 1.56. The Morgan fingerprint density at radius 2 is 2.22 bits per heavy atom. The van der Waals surface area contributed by atoms with Gasteiger partial charge in [0.25, 0.3) is 5.69 Å². The molecule has 18 heavy (non-hydrogen) atoms. The van der Waals surface area contributed by atoms with Gasteiger partial charge in [-0.3, -0.25) is 10.1 Å². The lowest BCUT2D eigenvalue weighted by Gasteiger charge is -2.23. The van der Waals surface area contributed by atoms with Crippen molar-refractivity contribution in [2.75, 3.05) is 23.9 Å². The van der Waals surface area contributed by atoms with E-state index < -0.39 is 10.5 Å². The van der Waals surface area contributed by atoms with E-state index in [1.54, 1.807) is 24.8 Å². The van der Waals surface area contributed by atoms with Gasteiger partial charge in [-0.25, -0.2) is 0 Å². The Balaban J connectivity index is 2.78. The molecule has 0 saturated heterocycles. The van der Waals surface area contributed by atoms with Gasteiger partial charge < -0.3 is 10.4 Å². The summed E-state index contributed by atoms with van der Waals surface area (Å²) in [5, 5.41) is 23.8. The standard InChI is InChI=1S/C12H18N2O3S/c1-9-4-5-10(14(16)17)6-11(9)13-7-12(2,15)8-18-3/h4-6,13,15H,7-8H2,1-3H3. The number of rotatable bonds is 6. The van der Waals surface area contributed by atoms with Crippen molar-refractivity contribution < 1.29 is 10.0 Å². The molecule has 5 nitrogen and oxygen atoms in total. The number of benzene rings is 1. The van der Waals surface area contributed by atoms with Crippen molar-refractivity contribution >= 4 is 23.1 Å². The summed E-state index contributed by atoms with van der Waals surface area (Å²) >= 11 is 1.56. The van der Waals surface area contributed by atoms with Crippen molar-refractivity contribution in [3.05, 3.63) is 33.9 Å². The number of nitro benzene ring substituents is 1. The van der Waals surface area contributed by atoms with E-state index in [2.05, 4.69) is 5.32 Å². The smallest absolute Gasteiger partial charge is 0.271 e. The number of non-ortho nitro benzene ring substituents is 1. The highest BCUT2D eigenvalue weighted by atomic mass is 32.2. The second-order valence-electron chi connectivity index (χ2n) is 4.54. The Morgan fingerprint density at radius 3 is 2.78 bits per heavy atom. The fourth-order valence-corrected chi connectivity index (χ4v) is 2.29. The summed E-state index contributed by atoms with van der Waals surface area (Å²) < 4.78 is 0. The lowest BCUT2D eigenvalue weighted by molar-refractivity contribution is -0.384. The summed E-state index contributed by atoms with van der Waals surface area (Å²) in [6.45, 7) is 3.97. The van der Waals surface area contributed by atoms with Crippen molar-refractivity contribution in [2.45, 2.75) is 19.4 Å². The SMILES string of the molecule is CSCC(C)(O)CNc1cc([N+](=O)[O-])ccc1C. The summed E-state index contributed by atoms with van der Waals surface area (Å²) in [4.78, 5) is 10.3. The summed E-state index contributed by atoms with van der Waals surface area (Å²) in [7, 11) is 0. The van der Waals surface area contributed by atoms with Crippen molar-refractivity contribution in [3.63, 3.8) is 0 Å². The highest BCUT2D eigenvalue weighted by Crippen LogP contribution is 2.22. The minimum absolute atomic E-state index is 0.0487. The van der Waals surface area contributed by atoms with Gasteiger partial charge in [-0.15, -0.1) is 0 Å².